The number of likely N-dealkylation sites (tertiary alicyclic amines) is 1. The van der Waals surface area contributed by atoms with E-state index in [1.165, 1.54) is 24.2 Å². The van der Waals surface area contributed by atoms with Crippen molar-refractivity contribution in [1.29, 1.82) is 0 Å². The van der Waals surface area contributed by atoms with Gasteiger partial charge in [-0.2, -0.15) is 5.10 Å². The highest BCUT2D eigenvalue weighted by atomic mass is 32.2. The van der Waals surface area contributed by atoms with E-state index in [-0.39, 0.29) is 16.4 Å². The minimum Gasteiger partial charge on any atom is -0.444 e. The SMILES string of the molecule is CC(C)(C)OC(=O)N1CC2(CC(=Cn3cc(S(C)(=O)=O)cn3)C2)C1. The lowest BCUT2D eigenvalue weighted by atomic mass is 9.61. The van der Waals surface area contributed by atoms with Gasteiger partial charge in [-0.3, -0.25) is 0 Å². The second kappa shape index (κ2) is 5.34. The van der Waals surface area contributed by atoms with Crippen molar-refractivity contribution in [2.45, 2.75) is 44.1 Å². The first-order chi connectivity index (χ1) is 11.0. The Bertz CT molecular complexity index is 786. The van der Waals surface area contributed by atoms with Gasteiger partial charge in [-0.25, -0.2) is 17.9 Å². The summed E-state index contributed by atoms with van der Waals surface area (Å²) >= 11 is 0. The van der Waals surface area contributed by atoms with Crippen LogP contribution in [0.2, 0.25) is 0 Å². The highest BCUT2D eigenvalue weighted by molar-refractivity contribution is 7.90. The molecule has 2 aliphatic rings. The summed E-state index contributed by atoms with van der Waals surface area (Å²) in [4.78, 5) is 13.9. The Kier molecular flexibility index (Phi) is 3.78. The number of allylic oxidation sites excluding steroid dienone is 1. The molecule has 132 valence electrons. The highest BCUT2D eigenvalue weighted by Gasteiger charge is 2.52. The third kappa shape index (κ3) is 3.48. The average Bonchev–Trinajstić information content (AvgIpc) is 2.75. The van der Waals surface area contributed by atoms with Crippen molar-refractivity contribution in [3.8, 4) is 0 Å². The van der Waals surface area contributed by atoms with Crippen LogP contribution in [0, 0.1) is 5.41 Å². The van der Waals surface area contributed by atoms with Gasteiger partial charge in [0.2, 0.25) is 0 Å². The van der Waals surface area contributed by atoms with Gasteiger partial charge in [0, 0.05) is 37.2 Å². The molecule has 0 atom stereocenters. The molecule has 1 aliphatic heterocycles. The van der Waals surface area contributed by atoms with E-state index in [4.69, 9.17) is 4.74 Å². The molecule has 0 radical (unpaired) electrons. The zero-order valence-corrected chi connectivity index (χ0v) is 15.3. The van der Waals surface area contributed by atoms with Crippen LogP contribution in [0.4, 0.5) is 4.79 Å². The van der Waals surface area contributed by atoms with Gasteiger partial charge in [0.05, 0.1) is 6.20 Å². The van der Waals surface area contributed by atoms with Crippen molar-refractivity contribution in [3.63, 3.8) is 0 Å². The molecule has 1 aliphatic carbocycles. The van der Waals surface area contributed by atoms with Gasteiger partial charge in [-0.1, -0.05) is 5.57 Å². The molecule has 1 saturated carbocycles. The number of carbonyl (C=O) groups is 1. The lowest BCUT2D eigenvalue weighted by Gasteiger charge is -2.56. The summed E-state index contributed by atoms with van der Waals surface area (Å²) in [6, 6.07) is 0. The molecule has 8 heteroatoms. The van der Waals surface area contributed by atoms with Crippen molar-refractivity contribution in [3.05, 3.63) is 18.0 Å². The maximum atomic E-state index is 12.0. The molecule has 0 aromatic carbocycles. The van der Waals surface area contributed by atoms with Crippen molar-refractivity contribution < 1.29 is 17.9 Å². The van der Waals surface area contributed by atoms with Gasteiger partial charge >= 0.3 is 6.09 Å². The van der Waals surface area contributed by atoms with Gasteiger partial charge in [0.15, 0.2) is 9.84 Å². The van der Waals surface area contributed by atoms with E-state index >= 15 is 0 Å². The number of sulfone groups is 1. The monoisotopic (exact) mass is 353 g/mol. The van der Waals surface area contributed by atoms with E-state index in [1.807, 2.05) is 27.0 Å². The second-order valence-corrected chi connectivity index (χ2v) is 9.92. The van der Waals surface area contributed by atoms with E-state index in [9.17, 15) is 13.2 Å². The van der Waals surface area contributed by atoms with Gasteiger partial charge in [-0.15, -0.1) is 0 Å². The number of amides is 1. The third-order valence-corrected chi connectivity index (χ3v) is 5.30. The Hall–Kier alpha value is -1.83. The van der Waals surface area contributed by atoms with Gasteiger partial charge in [0.25, 0.3) is 0 Å². The first kappa shape index (κ1) is 17.0. The summed E-state index contributed by atoms with van der Waals surface area (Å²) in [5.41, 5.74) is 0.902. The first-order valence-electron chi connectivity index (χ1n) is 7.88. The van der Waals surface area contributed by atoms with Crippen LogP contribution in [-0.4, -0.2) is 54.1 Å². The first-order valence-corrected chi connectivity index (χ1v) is 9.77. The highest BCUT2D eigenvalue weighted by Crippen LogP contribution is 2.52. The summed E-state index contributed by atoms with van der Waals surface area (Å²) in [6.07, 6.45) is 7.46. The fourth-order valence-electron chi connectivity index (χ4n) is 3.22. The zero-order valence-electron chi connectivity index (χ0n) is 14.4. The number of hydrogen-bond donors (Lipinski definition) is 0. The number of aromatic nitrogens is 2. The molecule has 0 bridgehead atoms. The van der Waals surface area contributed by atoms with Gasteiger partial charge in [-0.05, 0) is 33.6 Å². The van der Waals surface area contributed by atoms with E-state index in [0.717, 1.165) is 12.8 Å². The summed E-state index contributed by atoms with van der Waals surface area (Å²) in [7, 11) is -3.23. The lowest BCUT2D eigenvalue weighted by Crippen LogP contribution is -2.62. The predicted molar refractivity (Wildman–Crippen MR) is 89.1 cm³/mol. The van der Waals surface area contributed by atoms with Crippen LogP contribution in [0.15, 0.2) is 22.9 Å². The van der Waals surface area contributed by atoms with Crippen LogP contribution < -0.4 is 0 Å². The Morgan fingerprint density at radius 1 is 1.33 bits per heavy atom. The average molecular weight is 353 g/mol. The molecule has 7 nitrogen and oxygen atoms in total. The largest absolute Gasteiger partial charge is 0.444 e. The Morgan fingerprint density at radius 3 is 2.46 bits per heavy atom. The number of hydrogen-bond acceptors (Lipinski definition) is 5. The minimum absolute atomic E-state index is 0.162. The van der Waals surface area contributed by atoms with Gasteiger partial charge in [0.1, 0.15) is 10.5 Å². The minimum atomic E-state index is -3.23. The third-order valence-electron chi connectivity index (χ3n) is 4.23. The number of rotatable bonds is 2. The maximum absolute atomic E-state index is 12.0. The summed E-state index contributed by atoms with van der Waals surface area (Å²) in [5, 5.41) is 4.06. The Labute approximate surface area is 142 Å². The molecular formula is C16H23N3O4S. The molecule has 3 rings (SSSR count). The van der Waals surface area contributed by atoms with E-state index in [2.05, 4.69) is 5.10 Å². The molecule has 2 heterocycles. The fraction of sp³-hybridized carbons (Fsp3) is 0.625. The molecule has 1 amide bonds. The smallest absolute Gasteiger partial charge is 0.410 e. The molecule has 24 heavy (non-hydrogen) atoms. The van der Waals surface area contributed by atoms with Crippen LogP contribution in [0.5, 0.6) is 0 Å². The normalized spacial score (nSPS) is 19.7. The summed E-state index contributed by atoms with van der Waals surface area (Å²) in [5.74, 6) is 0. The zero-order chi connectivity index (χ0) is 17.8. The van der Waals surface area contributed by atoms with Crippen LogP contribution in [0.3, 0.4) is 0 Å². The van der Waals surface area contributed by atoms with E-state index < -0.39 is 15.4 Å². The lowest BCUT2D eigenvalue weighted by molar-refractivity contribution is -0.0500. The van der Waals surface area contributed by atoms with Crippen molar-refractivity contribution >= 4 is 22.1 Å². The molecule has 1 saturated heterocycles. The standard InChI is InChI=1S/C16H23N3O4S/c1-15(2,3)23-14(20)18-10-16(11-18)5-12(6-16)8-19-9-13(7-17-19)24(4,21)22/h7-9H,5-6,10-11H2,1-4H3. The molecule has 2 fully saturated rings. The molecule has 1 spiro atoms. The van der Waals surface area contributed by atoms with Crippen LogP contribution in [0.25, 0.3) is 6.20 Å². The number of nitrogens with zero attached hydrogens (tertiary/aromatic N) is 3. The van der Waals surface area contributed by atoms with E-state index in [1.54, 1.807) is 9.58 Å². The van der Waals surface area contributed by atoms with Gasteiger partial charge < -0.3 is 9.64 Å². The quantitative estimate of drug-likeness (QED) is 0.814. The second-order valence-electron chi connectivity index (χ2n) is 7.91. The van der Waals surface area contributed by atoms with Crippen molar-refractivity contribution in [2.75, 3.05) is 19.3 Å². The maximum Gasteiger partial charge on any atom is 0.410 e. The van der Waals surface area contributed by atoms with Crippen LogP contribution in [0.1, 0.15) is 33.6 Å². The molecule has 1 aromatic rings. The predicted octanol–water partition coefficient (Wildman–Crippen LogP) is 2.16. The molecule has 0 N–H and O–H groups in total. The summed E-state index contributed by atoms with van der Waals surface area (Å²) in [6.45, 7) is 7.01. The Morgan fingerprint density at radius 2 is 1.96 bits per heavy atom. The Balaban J connectivity index is 1.53. The molecule has 0 unspecified atom stereocenters. The van der Waals surface area contributed by atoms with Crippen LogP contribution in [-0.2, 0) is 14.6 Å². The fourth-order valence-corrected chi connectivity index (χ4v) is 3.75. The van der Waals surface area contributed by atoms with E-state index in [0.29, 0.717) is 13.1 Å². The number of ether oxygens (including phenoxy) is 1. The van der Waals surface area contributed by atoms with Crippen LogP contribution >= 0.6 is 0 Å². The topological polar surface area (TPSA) is 81.5 Å². The summed E-state index contributed by atoms with van der Waals surface area (Å²) < 4.78 is 29.8. The van der Waals surface area contributed by atoms with Crippen molar-refractivity contribution in [1.82, 2.24) is 14.7 Å². The van der Waals surface area contributed by atoms with Crippen molar-refractivity contribution in [2.24, 2.45) is 5.41 Å². The number of carbonyl (C=O) groups excluding carboxylic acids is 1. The molecule has 1 aromatic heterocycles. The molecular weight excluding hydrogens is 330 g/mol.